The number of nitrogens with zero attached hydrogens (tertiary/aromatic N) is 5. The van der Waals surface area contributed by atoms with Gasteiger partial charge in [-0.05, 0) is 39.1 Å². The van der Waals surface area contributed by atoms with Gasteiger partial charge in [-0.15, -0.1) is 10.2 Å². The first kappa shape index (κ1) is 27.8. The number of carbonyl (C=O) groups is 1. The summed E-state index contributed by atoms with van der Waals surface area (Å²) in [7, 11) is 3.48. The molecule has 0 atom stereocenters. The Morgan fingerprint density at radius 1 is 1.18 bits per heavy atom. The Labute approximate surface area is 227 Å². The van der Waals surface area contributed by atoms with Crippen molar-refractivity contribution < 1.29 is 18.7 Å². The molecule has 1 fully saturated rings. The molecule has 0 saturated carbocycles. The fraction of sp³-hybridized carbons (Fsp3) is 0.357. The number of aromatic nitrogens is 2. The minimum absolute atomic E-state index is 0.0144. The van der Waals surface area contributed by atoms with Crippen molar-refractivity contribution in [3.05, 3.63) is 54.0 Å². The molecule has 204 valence electrons. The van der Waals surface area contributed by atoms with Crippen LogP contribution in [0, 0.1) is 17.1 Å². The molecule has 0 aliphatic carbocycles. The van der Waals surface area contributed by atoms with Crippen molar-refractivity contribution in [1.29, 1.82) is 5.26 Å². The van der Waals surface area contributed by atoms with E-state index in [1.807, 2.05) is 26.0 Å². The van der Waals surface area contributed by atoms with E-state index in [-0.39, 0.29) is 23.5 Å². The highest BCUT2D eigenvalue weighted by molar-refractivity contribution is 6.04. The summed E-state index contributed by atoms with van der Waals surface area (Å²) in [6.45, 7) is 8.34. The Bertz CT molecular complexity index is 1410. The molecule has 1 aromatic heterocycles. The van der Waals surface area contributed by atoms with Gasteiger partial charge in [0.05, 0.1) is 30.1 Å². The van der Waals surface area contributed by atoms with Crippen molar-refractivity contribution in [2.45, 2.75) is 20.0 Å². The normalized spacial score (nSPS) is 14.5. The third-order valence-corrected chi connectivity index (χ3v) is 6.24. The van der Waals surface area contributed by atoms with Crippen LogP contribution in [0.25, 0.3) is 10.9 Å². The number of nitrogens with one attached hydrogen (secondary N) is 2. The van der Waals surface area contributed by atoms with Gasteiger partial charge < -0.3 is 25.0 Å². The molecule has 39 heavy (non-hydrogen) atoms. The molecule has 4 rings (SSSR count). The lowest BCUT2D eigenvalue weighted by molar-refractivity contribution is -0.111. The topological polar surface area (TPSA) is 116 Å². The number of piperazine rings is 1. The predicted molar refractivity (Wildman–Crippen MR) is 148 cm³/mol. The highest BCUT2D eigenvalue weighted by Gasteiger charge is 2.18. The van der Waals surface area contributed by atoms with Gasteiger partial charge in [-0.25, -0.2) is 4.39 Å². The number of carbonyl (C=O) groups excluding carboxylic acids is 1. The summed E-state index contributed by atoms with van der Waals surface area (Å²) in [5, 5.41) is 24.4. The van der Waals surface area contributed by atoms with Crippen LogP contribution in [0.3, 0.4) is 0 Å². The number of anilines is 3. The van der Waals surface area contributed by atoms with Gasteiger partial charge in [-0.2, -0.15) is 5.26 Å². The minimum Gasteiger partial charge on any atom is -0.494 e. The third kappa shape index (κ3) is 6.98. The second kappa shape index (κ2) is 12.5. The molecule has 10 nitrogen and oxygen atoms in total. The number of methoxy groups -OCH3 is 1. The number of benzene rings is 2. The van der Waals surface area contributed by atoms with Crippen molar-refractivity contribution in [3.8, 4) is 17.6 Å². The SMILES string of the molecule is COc1ccc(Nc2c(C#N)nnc3cc(OC(C)C)c(NC(=O)/C=C/CN4CCN(C)CC4)cc23)cc1F. The molecule has 0 radical (unpaired) electrons. The number of ether oxygens (including phenoxy) is 2. The monoisotopic (exact) mass is 533 g/mol. The molecule has 1 amide bonds. The quantitative estimate of drug-likeness (QED) is 0.395. The summed E-state index contributed by atoms with van der Waals surface area (Å²) in [6.07, 6.45) is 3.18. The molecule has 2 heterocycles. The Morgan fingerprint density at radius 2 is 1.95 bits per heavy atom. The zero-order chi connectivity index (χ0) is 27.9. The second-order valence-corrected chi connectivity index (χ2v) is 9.54. The fourth-order valence-corrected chi connectivity index (χ4v) is 4.19. The minimum atomic E-state index is -0.559. The van der Waals surface area contributed by atoms with Crippen molar-refractivity contribution in [2.75, 3.05) is 57.5 Å². The Hall–Kier alpha value is -4.27. The molecule has 0 spiro atoms. The zero-order valence-electron chi connectivity index (χ0n) is 22.5. The highest BCUT2D eigenvalue weighted by atomic mass is 19.1. The van der Waals surface area contributed by atoms with Gasteiger partial charge in [0.15, 0.2) is 17.3 Å². The van der Waals surface area contributed by atoms with Crippen LogP contribution < -0.4 is 20.1 Å². The zero-order valence-corrected chi connectivity index (χ0v) is 22.5. The van der Waals surface area contributed by atoms with Crippen molar-refractivity contribution in [2.24, 2.45) is 0 Å². The molecule has 0 bridgehead atoms. The van der Waals surface area contributed by atoms with Gasteiger partial charge in [-0.3, -0.25) is 9.69 Å². The molecule has 1 saturated heterocycles. The third-order valence-electron chi connectivity index (χ3n) is 6.24. The van der Waals surface area contributed by atoms with E-state index in [0.717, 1.165) is 26.2 Å². The maximum atomic E-state index is 14.3. The van der Waals surface area contributed by atoms with Crippen LogP contribution in [0.1, 0.15) is 19.5 Å². The summed E-state index contributed by atoms with van der Waals surface area (Å²) < 4.78 is 25.3. The highest BCUT2D eigenvalue weighted by Crippen LogP contribution is 2.36. The van der Waals surface area contributed by atoms with E-state index in [0.29, 0.717) is 40.3 Å². The number of hydrogen-bond acceptors (Lipinski definition) is 9. The Morgan fingerprint density at radius 3 is 2.62 bits per heavy atom. The maximum absolute atomic E-state index is 14.3. The lowest BCUT2D eigenvalue weighted by Gasteiger charge is -2.31. The van der Waals surface area contributed by atoms with Crippen LogP contribution in [0.15, 0.2) is 42.5 Å². The van der Waals surface area contributed by atoms with Gasteiger partial charge in [-0.1, -0.05) is 6.08 Å². The molecule has 3 aromatic rings. The molecule has 2 N–H and O–H groups in total. The number of likely N-dealkylation sites (N-methyl/N-ethyl adjacent to an activating group) is 1. The van der Waals surface area contributed by atoms with E-state index in [1.54, 1.807) is 18.2 Å². The number of hydrogen-bond donors (Lipinski definition) is 2. The molecule has 1 aliphatic heterocycles. The summed E-state index contributed by atoms with van der Waals surface area (Å²) >= 11 is 0. The van der Waals surface area contributed by atoms with E-state index >= 15 is 0 Å². The van der Waals surface area contributed by atoms with Gasteiger partial charge in [0.25, 0.3) is 0 Å². The first-order chi connectivity index (χ1) is 18.8. The van der Waals surface area contributed by atoms with E-state index in [4.69, 9.17) is 9.47 Å². The van der Waals surface area contributed by atoms with Gasteiger partial charge >= 0.3 is 0 Å². The summed E-state index contributed by atoms with van der Waals surface area (Å²) in [6, 6.07) is 9.73. The Kier molecular flexibility index (Phi) is 8.91. The standard InChI is InChI=1S/C28H32FN7O3/c1-18(2)39-26-16-22-20(15-23(26)32-27(37)6-5-9-36-12-10-35(3)11-13-36)28(24(17-30)34-33-22)31-19-7-8-25(38-4)21(29)14-19/h5-8,14-16,18H,9-13H2,1-4H3,(H,31,33)(H,32,37)/b6-5+. The number of fused-ring (bicyclic) bond motifs is 1. The van der Waals surface area contributed by atoms with Gasteiger partial charge in [0.2, 0.25) is 5.91 Å². The van der Waals surface area contributed by atoms with E-state index < -0.39 is 5.82 Å². The van der Waals surface area contributed by atoms with E-state index in [2.05, 4.69) is 37.7 Å². The predicted octanol–water partition coefficient (Wildman–Crippen LogP) is 3.92. The van der Waals surface area contributed by atoms with Crippen LogP contribution in [-0.2, 0) is 4.79 Å². The van der Waals surface area contributed by atoms with Crippen molar-refractivity contribution in [3.63, 3.8) is 0 Å². The average Bonchev–Trinajstić information content (AvgIpc) is 2.90. The number of rotatable bonds is 9. The smallest absolute Gasteiger partial charge is 0.248 e. The van der Waals surface area contributed by atoms with E-state index in [9.17, 15) is 14.4 Å². The average molecular weight is 534 g/mol. The largest absolute Gasteiger partial charge is 0.494 e. The number of amides is 1. The maximum Gasteiger partial charge on any atom is 0.248 e. The van der Waals surface area contributed by atoms with Gasteiger partial charge in [0.1, 0.15) is 11.8 Å². The molecular weight excluding hydrogens is 501 g/mol. The molecule has 11 heteroatoms. The molecule has 1 aliphatic rings. The van der Waals surface area contributed by atoms with Crippen LogP contribution in [0.5, 0.6) is 11.5 Å². The van der Waals surface area contributed by atoms with Crippen LogP contribution in [0.4, 0.5) is 21.5 Å². The number of nitriles is 1. The van der Waals surface area contributed by atoms with Crippen LogP contribution in [0.2, 0.25) is 0 Å². The second-order valence-electron chi connectivity index (χ2n) is 9.54. The number of halogens is 1. The summed E-state index contributed by atoms with van der Waals surface area (Å²) in [5.41, 5.74) is 1.57. The van der Waals surface area contributed by atoms with Crippen molar-refractivity contribution in [1.82, 2.24) is 20.0 Å². The van der Waals surface area contributed by atoms with Gasteiger partial charge in [0, 0.05) is 62.0 Å². The lowest BCUT2D eigenvalue weighted by Crippen LogP contribution is -2.44. The van der Waals surface area contributed by atoms with E-state index in [1.165, 1.54) is 25.3 Å². The van der Waals surface area contributed by atoms with Crippen LogP contribution >= 0.6 is 0 Å². The molecule has 2 aromatic carbocycles. The lowest BCUT2D eigenvalue weighted by atomic mass is 10.1. The summed E-state index contributed by atoms with van der Waals surface area (Å²) in [5.74, 6) is -0.360. The first-order valence-corrected chi connectivity index (χ1v) is 12.7. The van der Waals surface area contributed by atoms with Crippen molar-refractivity contribution >= 4 is 33.9 Å². The fourth-order valence-electron chi connectivity index (χ4n) is 4.19. The first-order valence-electron chi connectivity index (χ1n) is 12.7. The Balaban J connectivity index is 1.64. The summed E-state index contributed by atoms with van der Waals surface area (Å²) in [4.78, 5) is 17.4. The van der Waals surface area contributed by atoms with Crippen LogP contribution in [-0.4, -0.2) is 78.9 Å². The molecular formula is C28H32FN7O3. The molecule has 0 unspecified atom stereocenters.